The second kappa shape index (κ2) is 2.85. The van der Waals surface area contributed by atoms with Crippen LogP contribution < -0.4 is 0 Å². The van der Waals surface area contributed by atoms with Crippen LogP contribution in [0.1, 0.15) is 24.4 Å². The van der Waals surface area contributed by atoms with Crippen molar-refractivity contribution in [2.24, 2.45) is 5.92 Å². The molecule has 2 fully saturated rings. The number of nitrogens with zero attached hydrogens (tertiary/aromatic N) is 1. The molecule has 2 aliphatic heterocycles. The number of hydrogen-bond acceptors (Lipinski definition) is 1. The second-order valence-electron chi connectivity index (χ2n) is 4.23. The quantitative estimate of drug-likeness (QED) is 0.630. The summed E-state index contributed by atoms with van der Waals surface area (Å²) in [7, 11) is 0. The minimum Gasteiger partial charge on any atom is -0.296 e. The van der Waals surface area contributed by atoms with Gasteiger partial charge in [0, 0.05) is 6.04 Å². The molecule has 2 aliphatic rings. The zero-order valence-electron chi connectivity index (χ0n) is 7.82. The van der Waals surface area contributed by atoms with E-state index in [0.717, 1.165) is 12.0 Å². The van der Waals surface area contributed by atoms with E-state index in [2.05, 4.69) is 35.2 Å². The first-order chi connectivity index (χ1) is 6.45. The van der Waals surface area contributed by atoms with Gasteiger partial charge < -0.3 is 0 Å². The monoisotopic (exact) mass is 173 g/mol. The zero-order valence-corrected chi connectivity index (χ0v) is 7.82. The summed E-state index contributed by atoms with van der Waals surface area (Å²) in [5.41, 5.74) is 1.53. The van der Waals surface area contributed by atoms with Crippen LogP contribution in [0.15, 0.2) is 30.3 Å². The molecular formula is C12H15N. The van der Waals surface area contributed by atoms with Crippen LogP contribution in [0.5, 0.6) is 0 Å². The molecule has 0 radical (unpaired) electrons. The van der Waals surface area contributed by atoms with Gasteiger partial charge in [0.2, 0.25) is 0 Å². The maximum atomic E-state index is 2.64. The van der Waals surface area contributed by atoms with E-state index in [-0.39, 0.29) is 0 Å². The van der Waals surface area contributed by atoms with Gasteiger partial charge in [-0.15, -0.1) is 0 Å². The van der Waals surface area contributed by atoms with Crippen LogP contribution in [0.2, 0.25) is 0 Å². The average molecular weight is 173 g/mol. The Bertz CT molecular complexity index is 273. The molecule has 0 aliphatic carbocycles. The summed E-state index contributed by atoms with van der Waals surface area (Å²) in [6, 6.07) is 11.7. The summed E-state index contributed by atoms with van der Waals surface area (Å²) in [5.74, 6) is 0.947. The van der Waals surface area contributed by atoms with Gasteiger partial charge in [-0.3, -0.25) is 4.90 Å². The molecule has 0 saturated carbocycles. The summed E-state index contributed by atoms with van der Waals surface area (Å²) >= 11 is 0. The summed E-state index contributed by atoms with van der Waals surface area (Å²) < 4.78 is 0. The van der Waals surface area contributed by atoms with Crippen LogP contribution >= 0.6 is 0 Å². The molecule has 1 aromatic carbocycles. The molecule has 2 bridgehead atoms. The fraction of sp³-hybridized carbons (Fsp3) is 0.500. The Balaban J connectivity index is 1.94. The lowest BCUT2D eigenvalue weighted by molar-refractivity contribution is 0.305. The van der Waals surface area contributed by atoms with Crippen molar-refractivity contribution in [3.05, 3.63) is 35.9 Å². The Labute approximate surface area is 79.4 Å². The fourth-order valence-electron chi connectivity index (χ4n) is 2.94. The number of fused-ring (bicyclic) bond motifs is 2. The van der Waals surface area contributed by atoms with Crippen LogP contribution in [0.25, 0.3) is 0 Å². The minimum absolute atomic E-state index is 0.751. The van der Waals surface area contributed by atoms with E-state index in [1.807, 2.05) is 0 Å². The molecule has 13 heavy (non-hydrogen) atoms. The standard InChI is InChI=1S/C12H15N/c1-2-4-10(5-3-1)12-11-6-8-13(12)9-7-11/h1-5,11-12H,6-9H2. The Morgan fingerprint density at radius 2 is 1.69 bits per heavy atom. The van der Waals surface area contributed by atoms with Crippen LogP contribution in [0.4, 0.5) is 0 Å². The maximum Gasteiger partial charge on any atom is 0.0377 e. The highest BCUT2D eigenvalue weighted by Crippen LogP contribution is 2.44. The highest BCUT2D eigenvalue weighted by Gasteiger charge is 2.39. The van der Waals surface area contributed by atoms with Crippen LogP contribution in [-0.4, -0.2) is 18.0 Å². The van der Waals surface area contributed by atoms with Gasteiger partial charge in [0.05, 0.1) is 0 Å². The molecule has 1 nitrogen and oxygen atoms in total. The van der Waals surface area contributed by atoms with Gasteiger partial charge in [-0.1, -0.05) is 30.3 Å². The van der Waals surface area contributed by atoms with Crippen molar-refractivity contribution in [2.45, 2.75) is 18.9 Å². The smallest absolute Gasteiger partial charge is 0.0377 e. The van der Waals surface area contributed by atoms with Crippen LogP contribution in [0, 0.1) is 5.92 Å². The Morgan fingerprint density at radius 1 is 1.00 bits per heavy atom. The molecule has 3 rings (SSSR count). The van der Waals surface area contributed by atoms with Crippen LogP contribution in [0.3, 0.4) is 0 Å². The van der Waals surface area contributed by atoms with Gasteiger partial charge in [-0.2, -0.15) is 0 Å². The lowest BCUT2D eigenvalue weighted by Crippen LogP contribution is -2.19. The number of rotatable bonds is 1. The van der Waals surface area contributed by atoms with Crippen molar-refractivity contribution >= 4 is 0 Å². The van der Waals surface area contributed by atoms with E-state index >= 15 is 0 Å². The van der Waals surface area contributed by atoms with E-state index in [9.17, 15) is 0 Å². The normalized spacial score (nSPS) is 36.8. The molecule has 1 aromatic rings. The molecule has 0 aromatic heterocycles. The molecular weight excluding hydrogens is 158 g/mol. The molecule has 2 saturated heterocycles. The van der Waals surface area contributed by atoms with E-state index in [1.165, 1.54) is 31.5 Å². The lowest BCUT2D eigenvalue weighted by Gasteiger charge is -2.18. The van der Waals surface area contributed by atoms with E-state index in [1.54, 1.807) is 0 Å². The predicted molar refractivity (Wildman–Crippen MR) is 53.5 cm³/mol. The summed E-state index contributed by atoms with van der Waals surface area (Å²) in [5, 5.41) is 0. The lowest BCUT2D eigenvalue weighted by atomic mass is 9.94. The predicted octanol–water partition coefficient (Wildman–Crippen LogP) is 2.45. The molecule has 0 amide bonds. The third kappa shape index (κ3) is 1.11. The van der Waals surface area contributed by atoms with Crippen molar-refractivity contribution in [3.63, 3.8) is 0 Å². The van der Waals surface area contributed by atoms with Crippen molar-refractivity contribution in [3.8, 4) is 0 Å². The Morgan fingerprint density at radius 3 is 2.23 bits per heavy atom. The number of piperidine rings is 1. The summed E-state index contributed by atoms with van der Waals surface area (Å²) in [6.07, 6.45) is 2.83. The van der Waals surface area contributed by atoms with Gasteiger partial charge >= 0.3 is 0 Å². The van der Waals surface area contributed by atoms with Gasteiger partial charge in [-0.25, -0.2) is 0 Å². The topological polar surface area (TPSA) is 3.24 Å². The van der Waals surface area contributed by atoms with Gasteiger partial charge in [0.15, 0.2) is 0 Å². The van der Waals surface area contributed by atoms with Crippen molar-refractivity contribution in [1.29, 1.82) is 0 Å². The van der Waals surface area contributed by atoms with Gasteiger partial charge in [-0.05, 0) is 37.4 Å². The first-order valence-corrected chi connectivity index (χ1v) is 5.24. The molecule has 1 heteroatoms. The first kappa shape index (κ1) is 7.57. The van der Waals surface area contributed by atoms with Gasteiger partial charge in [0.25, 0.3) is 0 Å². The highest BCUT2D eigenvalue weighted by atomic mass is 15.2. The van der Waals surface area contributed by atoms with E-state index in [0.29, 0.717) is 0 Å². The molecule has 68 valence electrons. The van der Waals surface area contributed by atoms with E-state index in [4.69, 9.17) is 0 Å². The first-order valence-electron chi connectivity index (χ1n) is 5.24. The van der Waals surface area contributed by atoms with Gasteiger partial charge in [0.1, 0.15) is 0 Å². The Kier molecular flexibility index (Phi) is 1.66. The molecule has 0 N–H and O–H groups in total. The van der Waals surface area contributed by atoms with Crippen molar-refractivity contribution < 1.29 is 0 Å². The number of hydrogen-bond donors (Lipinski definition) is 0. The number of benzene rings is 1. The Hall–Kier alpha value is -0.820. The fourth-order valence-corrected chi connectivity index (χ4v) is 2.94. The summed E-state index contributed by atoms with van der Waals surface area (Å²) in [6.45, 7) is 2.65. The molecule has 2 heterocycles. The largest absolute Gasteiger partial charge is 0.296 e. The van der Waals surface area contributed by atoms with Crippen molar-refractivity contribution in [2.75, 3.05) is 13.1 Å². The molecule has 1 atom stereocenters. The summed E-state index contributed by atoms with van der Waals surface area (Å²) in [4.78, 5) is 2.64. The second-order valence-corrected chi connectivity index (χ2v) is 4.23. The minimum atomic E-state index is 0.751. The van der Waals surface area contributed by atoms with E-state index < -0.39 is 0 Å². The average Bonchev–Trinajstić information content (AvgIpc) is 2.78. The highest BCUT2D eigenvalue weighted by molar-refractivity contribution is 5.22. The van der Waals surface area contributed by atoms with Crippen molar-refractivity contribution in [1.82, 2.24) is 4.90 Å². The molecule has 1 unspecified atom stereocenters. The maximum absolute atomic E-state index is 2.64. The zero-order chi connectivity index (χ0) is 8.67. The third-order valence-corrected chi connectivity index (χ3v) is 3.56. The third-order valence-electron chi connectivity index (χ3n) is 3.56. The van der Waals surface area contributed by atoms with Crippen LogP contribution in [-0.2, 0) is 0 Å². The molecule has 0 spiro atoms. The SMILES string of the molecule is c1ccc(C2C3CCN2CC3)cc1.